The van der Waals surface area contributed by atoms with Gasteiger partial charge in [-0.15, -0.1) is 13.2 Å². The largest absolute Gasteiger partial charge is 0.106 e. The molecule has 0 nitrogen and oxygen atoms in total. The van der Waals surface area contributed by atoms with E-state index < -0.39 is 0 Å². The van der Waals surface area contributed by atoms with Crippen molar-refractivity contribution in [1.82, 2.24) is 0 Å². The fraction of sp³-hybridized carbons (Fsp3) is 0.800. The molecule has 62 valence electrons. The standard InChI is InChI=1S/C8H18.C2H4/c1-4-5-6-7-8(2)3;1-2/h8H,4-7H2,1-3H3;1-2H2. The van der Waals surface area contributed by atoms with E-state index >= 15 is 0 Å². The van der Waals surface area contributed by atoms with Crippen molar-refractivity contribution in [3.05, 3.63) is 13.2 Å². The van der Waals surface area contributed by atoms with Gasteiger partial charge in [0.25, 0.3) is 0 Å². The van der Waals surface area contributed by atoms with Crippen molar-refractivity contribution in [2.45, 2.75) is 46.5 Å². The fourth-order valence-corrected chi connectivity index (χ4v) is 0.803. The van der Waals surface area contributed by atoms with E-state index in [2.05, 4.69) is 33.9 Å². The summed E-state index contributed by atoms with van der Waals surface area (Å²) in [4.78, 5) is 0. The van der Waals surface area contributed by atoms with E-state index in [9.17, 15) is 0 Å². The summed E-state index contributed by atoms with van der Waals surface area (Å²) >= 11 is 0. The van der Waals surface area contributed by atoms with Crippen molar-refractivity contribution < 1.29 is 0 Å². The van der Waals surface area contributed by atoms with Crippen LogP contribution in [0.1, 0.15) is 46.5 Å². The molecule has 0 aliphatic heterocycles. The lowest BCUT2D eigenvalue weighted by Crippen LogP contribution is -1.85. The van der Waals surface area contributed by atoms with Gasteiger partial charge in [-0.3, -0.25) is 0 Å². The first-order chi connectivity index (χ1) is 4.77. The minimum absolute atomic E-state index is 0.904. The molecule has 0 amide bonds. The van der Waals surface area contributed by atoms with Gasteiger partial charge < -0.3 is 0 Å². The Morgan fingerprint density at radius 3 is 1.90 bits per heavy atom. The predicted molar refractivity (Wildman–Crippen MR) is 50.2 cm³/mol. The summed E-state index contributed by atoms with van der Waals surface area (Å²) in [6, 6.07) is 0. The van der Waals surface area contributed by atoms with Crippen LogP contribution in [0.4, 0.5) is 0 Å². The second-order valence-electron chi connectivity index (χ2n) is 2.89. The second-order valence-corrected chi connectivity index (χ2v) is 2.89. The van der Waals surface area contributed by atoms with Crippen molar-refractivity contribution in [1.29, 1.82) is 0 Å². The summed E-state index contributed by atoms with van der Waals surface area (Å²) in [7, 11) is 0. The molecule has 0 N–H and O–H groups in total. The molecule has 0 heteroatoms. The van der Waals surface area contributed by atoms with Crippen LogP contribution in [-0.4, -0.2) is 0 Å². The molecule has 0 aliphatic rings. The Balaban J connectivity index is 0. The van der Waals surface area contributed by atoms with Gasteiger partial charge in [0.1, 0.15) is 0 Å². The van der Waals surface area contributed by atoms with Crippen LogP contribution in [-0.2, 0) is 0 Å². The number of unbranched alkanes of at least 4 members (excludes halogenated alkanes) is 2. The highest BCUT2D eigenvalue weighted by Gasteiger charge is 1.90. The van der Waals surface area contributed by atoms with Crippen LogP contribution in [0.3, 0.4) is 0 Å². The molecule has 0 heterocycles. The molecule has 0 spiro atoms. The molecule has 0 aliphatic carbocycles. The van der Waals surface area contributed by atoms with Crippen molar-refractivity contribution in [2.24, 2.45) is 5.92 Å². The van der Waals surface area contributed by atoms with Crippen LogP contribution in [0, 0.1) is 5.92 Å². The summed E-state index contributed by atoms with van der Waals surface area (Å²) < 4.78 is 0. The van der Waals surface area contributed by atoms with Gasteiger partial charge in [0.2, 0.25) is 0 Å². The molecule has 0 saturated carbocycles. The van der Waals surface area contributed by atoms with Gasteiger partial charge in [-0.2, -0.15) is 0 Å². The number of rotatable bonds is 4. The zero-order valence-corrected chi connectivity index (χ0v) is 7.82. The van der Waals surface area contributed by atoms with E-state index in [-0.39, 0.29) is 0 Å². The molecule has 0 saturated heterocycles. The summed E-state index contributed by atoms with van der Waals surface area (Å²) in [5.41, 5.74) is 0. The Morgan fingerprint density at radius 2 is 1.60 bits per heavy atom. The van der Waals surface area contributed by atoms with Gasteiger partial charge in [0, 0.05) is 0 Å². The Hall–Kier alpha value is -0.260. The highest BCUT2D eigenvalue weighted by molar-refractivity contribution is 4.44. The average Bonchev–Trinajstić information content (AvgIpc) is 1.92. The van der Waals surface area contributed by atoms with Gasteiger partial charge in [0.15, 0.2) is 0 Å². The predicted octanol–water partition coefficient (Wildman–Crippen LogP) is 4.02. The molecule has 0 rings (SSSR count). The van der Waals surface area contributed by atoms with E-state index in [0.29, 0.717) is 0 Å². The van der Waals surface area contributed by atoms with Gasteiger partial charge in [-0.25, -0.2) is 0 Å². The zero-order chi connectivity index (χ0) is 8.41. The summed E-state index contributed by atoms with van der Waals surface area (Å²) in [5.74, 6) is 0.904. The SMILES string of the molecule is C=C.CCCCCC(C)C. The van der Waals surface area contributed by atoms with Gasteiger partial charge in [-0.1, -0.05) is 46.5 Å². The quantitative estimate of drug-likeness (QED) is 0.411. The van der Waals surface area contributed by atoms with Gasteiger partial charge >= 0.3 is 0 Å². The summed E-state index contributed by atoms with van der Waals surface area (Å²) in [5, 5.41) is 0. The van der Waals surface area contributed by atoms with E-state index in [0.717, 1.165) is 5.92 Å². The maximum absolute atomic E-state index is 3.00. The lowest BCUT2D eigenvalue weighted by molar-refractivity contribution is 0.534. The average molecular weight is 142 g/mol. The van der Waals surface area contributed by atoms with E-state index in [1.807, 2.05) is 0 Å². The van der Waals surface area contributed by atoms with E-state index in [1.54, 1.807) is 0 Å². The minimum atomic E-state index is 0.904. The molecule has 0 aromatic carbocycles. The van der Waals surface area contributed by atoms with Crippen molar-refractivity contribution in [3.63, 3.8) is 0 Å². The van der Waals surface area contributed by atoms with Crippen LogP contribution in [0.25, 0.3) is 0 Å². The molecule has 0 aromatic heterocycles. The molecular weight excluding hydrogens is 120 g/mol. The van der Waals surface area contributed by atoms with Crippen LogP contribution in [0.15, 0.2) is 13.2 Å². The topological polar surface area (TPSA) is 0 Å². The molecule has 10 heavy (non-hydrogen) atoms. The van der Waals surface area contributed by atoms with Crippen molar-refractivity contribution in [2.75, 3.05) is 0 Å². The Kier molecular flexibility index (Phi) is 14.3. The van der Waals surface area contributed by atoms with Crippen molar-refractivity contribution in [3.8, 4) is 0 Å². The first kappa shape index (κ1) is 12.4. The normalized spacial score (nSPS) is 8.80. The molecule has 0 aromatic rings. The van der Waals surface area contributed by atoms with Crippen LogP contribution >= 0.6 is 0 Å². The third-order valence-corrected chi connectivity index (χ3v) is 1.39. The van der Waals surface area contributed by atoms with Crippen LogP contribution < -0.4 is 0 Å². The first-order valence-electron chi connectivity index (χ1n) is 4.27. The third kappa shape index (κ3) is 15.6. The van der Waals surface area contributed by atoms with Crippen LogP contribution in [0.5, 0.6) is 0 Å². The monoisotopic (exact) mass is 142 g/mol. The summed E-state index contributed by atoms with van der Waals surface area (Å²) in [6.07, 6.45) is 5.60. The zero-order valence-electron chi connectivity index (χ0n) is 7.82. The Bertz CT molecular complexity index is 46.0. The maximum Gasteiger partial charge on any atom is -0.0471 e. The first-order valence-corrected chi connectivity index (χ1v) is 4.27. The Morgan fingerprint density at radius 1 is 1.10 bits per heavy atom. The highest BCUT2D eigenvalue weighted by atomic mass is 14.0. The number of hydrogen-bond acceptors (Lipinski definition) is 0. The van der Waals surface area contributed by atoms with Gasteiger partial charge in [0.05, 0.1) is 0 Å². The molecule has 0 unspecified atom stereocenters. The lowest BCUT2D eigenvalue weighted by atomic mass is 10.1. The molecule has 0 bridgehead atoms. The molecule has 0 radical (unpaired) electrons. The molecular formula is C10H22. The lowest BCUT2D eigenvalue weighted by Gasteiger charge is -2.00. The van der Waals surface area contributed by atoms with E-state index in [1.165, 1.54) is 25.7 Å². The minimum Gasteiger partial charge on any atom is -0.106 e. The number of hydrogen-bond donors (Lipinski definition) is 0. The highest BCUT2D eigenvalue weighted by Crippen LogP contribution is 2.06. The van der Waals surface area contributed by atoms with Crippen molar-refractivity contribution >= 4 is 0 Å². The third-order valence-electron chi connectivity index (χ3n) is 1.39. The second kappa shape index (κ2) is 11.5. The smallest absolute Gasteiger partial charge is 0.0471 e. The van der Waals surface area contributed by atoms with Gasteiger partial charge in [-0.05, 0) is 5.92 Å². The Labute approximate surface area is 66.3 Å². The molecule has 0 atom stereocenters. The molecule has 0 fully saturated rings. The van der Waals surface area contributed by atoms with Crippen LogP contribution in [0.2, 0.25) is 0 Å². The van der Waals surface area contributed by atoms with E-state index in [4.69, 9.17) is 0 Å². The summed E-state index contributed by atoms with van der Waals surface area (Å²) in [6.45, 7) is 12.8. The fourth-order valence-electron chi connectivity index (χ4n) is 0.803. The maximum atomic E-state index is 3.00.